The molecule has 0 bridgehead atoms. The Labute approximate surface area is 170 Å². The number of rotatable bonds is 4. The molecule has 0 saturated carbocycles. The minimum Gasteiger partial charge on any atom is -0.486 e. The van der Waals surface area contributed by atoms with Crippen LogP contribution in [0.3, 0.4) is 0 Å². The lowest BCUT2D eigenvalue weighted by molar-refractivity contribution is 0.102. The van der Waals surface area contributed by atoms with Crippen LogP contribution in [0.4, 0.5) is 5.69 Å². The van der Waals surface area contributed by atoms with Crippen molar-refractivity contribution < 1.29 is 22.7 Å². The first-order valence-corrected chi connectivity index (χ1v) is 11.2. The summed E-state index contributed by atoms with van der Waals surface area (Å²) in [6.45, 7) is 3.76. The highest BCUT2D eigenvalue weighted by molar-refractivity contribution is 7.89. The highest BCUT2D eigenvalue weighted by atomic mass is 32.2. The molecule has 2 heterocycles. The number of fused-ring (bicyclic) bond motifs is 1. The summed E-state index contributed by atoms with van der Waals surface area (Å²) in [7, 11) is -3.58. The lowest BCUT2D eigenvalue weighted by atomic mass is 10.1. The number of amides is 1. The largest absolute Gasteiger partial charge is 0.486 e. The van der Waals surface area contributed by atoms with Crippen molar-refractivity contribution in [3.8, 4) is 11.5 Å². The zero-order valence-electron chi connectivity index (χ0n) is 16.3. The molecule has 0 unspecified atom stereocenters. The summed E-state index contributed by atoms with van der Waals surface area (Å²) < 4.78 is 38.6. The Hall–Kier alpha value is -2.58. The number of ether oxygens (including phenoxy) is 2. The lowest BCUT2D eigenvalue weighted by Gasteiger charge is -2.26. The Balaban J connectivity index is 1.57. The van der Waals surface area contributed by atoms with Gasteiger partial charge in [-0.05, 0) is 55.7 Å². The monoisotopic (exact) mass is 416 g/mol. The van der Waals surface area contributed by atoms with Crippen LogP contribution >= 0.6 is 0 Å². The summed E-state index contributed by atoms with van der Waals surface area (Å²) in [5.41, 5.74) is 1.51. The van der Waals surface area contributed by atoms with Crippen molar-refractivity contribution in [1.29, 1.82) is 0 Å². The van der Waals surface area contributed by atoms with E-state index in [0.717, 1.165) is 19.3 Å². The molecule has 0 spiro atoms. The van der Waals surface area contributed by atoms with Crippen LogP contribution in [0, 0.1) is 6.92 Å². The summed E-state index contributed by atoms with van der Waals surface area (Å²) in [5.74, 6) is 0.798. The molecule has 1 fully saturated rings. The van der Waals surface area contributed by atoms with Gasteiger partial charge in [0, 0.05) is 24.3 Å². The normalized spacial score (nSPS) is 17.0. The summed E-state index contributed by atoms with van der Waals surface area (Å²) >= 11 is 0. The van der Waals surface area contributed by atoms with Crippen LogP contribution in [0.2, 0.25) is 0 Å². The van der Waals surface area contributed by atoms with Gasteiger partial charge in [0.15, 0.2) is 11.5 Å². The molecule has 0 aliphatic carbocycles. The maximum absolute atomic E-state index is 13.1. The molecule has 2 aromatic carbocycles. The Bertz CT molecular complexity index is 1030. The maximum Gasteiger partial charge on any atom is 0.255 e. The second-order valence-electron chi connectivity index (χ2n) is 7.26. The minimum atomic E-state index is -3.58. The molecule has 8 heteroatoms. The number of aryl methyl sites for hydroxylation is 1. The second kappa shape index (κ2) is 8.04. The molecule has 1 N–H and O–H groups in total. The lowest BCUT2D eigenvalue weighted by Crippen LogP contribution is -2.36. The third-order valence-corrected chi connectivity index (χ3v) is 7.22. The number of hydrogen-bond acceptors (Lipinski definition) is 5. The zero-order valence-corrected chi connectivity index (χ0v) is 17.1. The van der Waals surface area contributed by atoms with Gasteiger partial charge < -0.3 is 14.8 Å². The highest BCUT2D eigenvalue weighted by Gasteiger charge is 2.27. The first-order valence-electron chi connectivity index (χ1n) is 9.77. The van der Waals surface area contributed by atoms with Gasteiger partial charge in [0.05, 0.1) is 4.90 Å². The van der Waals surface area contributed by atoms with Gasteiger partial charge in [-0.2, -0.15) is 4.31 Å². The first kappa shape index (κ1) is 19.7. The number of anilines is 1. The van der Waals surface area contributed by atoms with Crippen molar-refractivity contribution in [3.63, 3.8) is 0 Å². The predicted octanol–water partition coefficient (Wildman–Crippen LogP) is 3.19. The van der Waals surface area contributed by atoms with E-state index < -0.39 is 10.0 Å². The molecule has 154 valence electrons. The summed E-state index contributed by atoms with van der Waals surface area (Å²) in [4.78, 5) is 12.9. The van der Waals surface area contributed by atoms with Crippen LogP contribution in [-0.2, 0) is 10.0 Å². The maximum atomic E-state index is 13.1. The van der Waals surface area contributed by atoms with E-state index in [-0.39, 0.29) is 10.8 Å². The van der Waals surface area contributed by atoms with E-state index in [1.165, 1.54) is 10.4 Å². The number of nitrogens with zero attached hydrogens (tertiary/aromatic N) is 1. The van der Waals surface area contributed by atoms with Gasteiger partial charge in [0.25, 0.3) is 5.91 Å². The smallest absolute Gasteiger partial charge is 0.255 e. The van der Waals surface area contributed by atoms with Gasteiger partial charge in [-0.1, -0.05) is 12.5 Å². The number of carbonyl (C=O) groups is 1. The average molecular weight is 416 g/mol. The summed E-state index contributed by atoms with van der Waals surface area (Å²) in [5, 5.41) is 2.79. The Morgan fingerprint density at radius 2 is 1.69 bits per heavy atom. The van der Waals surface area contributed by atoms with Crippen molar-refractivity contribution >= 4 is 21.6 Å². The molecule has 4 rings (SSSR count). The number of benzene rings is 2. The average Bonchev–Trinajstić information content (AvgIpc) is 2.75. The van der Waals surface area contributed by atoms with Crippen molar-refractivity contribution in [1.82, 2.24) is 4.31 Å². The number of sulfonamides is 1. The molecular formula is C21H24N2O5S. The number of piperidine rings is 1. The van der Waals surface area contributed by atoms with E-state index in [0.29, 0.717) is 54.6 Å². The Kier molecular flexibility index (Phi) is 5.47. The fourth-order valence-electron chi connectivity index (χ4n) is 3.59. The van der Waals surface area contributed by atoms with Crippen LogP contribution in [0.1, 0.15) is 35.2 Å². The van der Waals surface area contributed by atoms with Crippen molar-refractivity contribution in [2.45, 2.75) is 31.1 Å². The minimum absolute atomic E-state index is 0.236. The van der Waals surface area contributed by atoms with E-state index in [9.17, 15) is 13.2 Å². The van der Waals surface area contributed by atoms with Gasteiger partial charge in [-0.25, -0.2) is 8.42 Å². The predicted molar refractivity (Wildman–Crippen MR) is 109 cm³/mol. The fourth-order valence-corrected chi connectivity index (χ4v) is 5.36. The first-order chi connectivity index (χ1) is 13.9. The standard InChI is InChI=1S/C21H24N2O5S/c1-15-5-7-17(14-20(15)29(25,26)23-9-3-2-4-10-23)22-21(24)16-6-8-18-19(13-16)28-12-11-27-18/h5-8,13-14H,2-4,9-12H2,1H3,(H,22,24). The molecule has 29 heavy (non-hydrogen) atoms. The molecule has 7 nitrogen and oxygen atoms in total. The van der Waals surface area contributed by atoms with Gasteiger partial charge in [0.2, 0.25) is 10.0 Å². The third-order valence-electron chi connectivity index (χ3n) is 5.18. The van der Waals surface area contributed by atoms with E-state index >= 15 is 0 Å². The number of hydrogen-bond donors (Lipinski definition) is 1. The topological polar surface area (TPSA) is 84.9 Å². The third kappa shape index (κ3) is 4.09. The van der Waals surface area contributed by atoms with Gasteiger partial charge in [-0.3, -0.25) is 4.79 Å². The van der Waals surface area contributed by atoms with Crippen molar-refractivity contribution in [3.05, 3.63) is 47.5 Å². The molecule has 2 aromatic rings. The number of nitrogens with one attached hydrogen (secondary N) is 1. The zero-order chi connectivity index (χ0) is 20.4. The molecular weight excluding hydrogens is 392 g/mol. The molecule has 0 radical (unpaired) electrons. The van der Waals surface area contributed by atoms with Crippen LogP contribution in [0.5, 0.6) is 11.5 Å². The van der Waals surface area contributed by atoms with Crippen molar-refractivity contribution in [2.24, 2.45) is 0 Å². The van der Waals surface area contributed by atoms with Gasteiger partial charge >= 0.3 is 0 Å². The summed E-state index contributed by atoms with van der Waals surface area (Å²) in [6.07, 6.45) is 2.80. The van der Waals surface area contributed by atoms with Crippen LogP contribution in [0.25, 0.3) is 0 Å². The van der Waals surface area contributed by atoms with Gasteiger partial charge in [-0.15, -0.1) is 0 Å². The van der Waals surface area contributed by atoms with E-state index in [4.69, 9.17) is 9.47 Å². The molecule has 1 saturated heterocycles. The molecule has 1 amide bonds. The van der Waals surface area contributed by atoms with E-state index in [1.807, 2.05) is 0 Å². The van der Waals surface area contributed by atoms with E-state index in [1.54, 1.807) is 37.3 Å². The van der Waals surface area contributed by atoms with Crippen molar-refractivity contribution in [2.75, 3.05) is 31.6 Å². The molecule has 0 aromatic heterocycles. The highest BCUT2D eigenvalue weighted by Crippen LogP contribution is 2.31. The molecule has 2 aliphatic heterocycles. The van der Waals surface area contributed by atoms with E-state index in [2.05, 4.69) is 5.32 Å². The Morgan fingerprint density at radius 3 is 2.45 bits per heavy atom. The Morgan fingerprint density at radius 1 is 0.966 bits per heavy atom. The second-order valence-corrected chi connectivity index (χ2v) is 9.16. The quantitative estimate of drug-likeness (QED) is 0.827. The van der Waals surface area contributed by atoms with Crippen LogP contribution in [0.15, 0.2) is 41.3 Å². The molecule has 2 aliphatic rings. The summed E-state index contributed by atoms with van der Waals surface area (Å²) in [6, 6.07) is 9.95. The van der Waals surface area contributed by atoms with Crippen LogP contribution in [-0.4, -0.2) is 44.9 Å². The number of carbonyl (C=O) groups excluding carboxylic acids is 1. The van der Waals surface area contributed by atoms with Crippen LogP contribution < -0.4 is 14.8 Å². The SMILES string of the molecule is Cc1ccc(NC(=O)c2ccc3c(c2)OCCO3)cc1S(=O)(=O)N1CCCCC1. The molecule has 0 atom stereocenters. The fraction of sp³-hybridized carbons (Fsp3) is 0.381. The van der Waals surface area contributed by atoms with Gasteiger partial charge in [0.1, 0.15) is 13.2 Å².